The van der Waals surface area contributed by atoms with Gasteiger partial charge in [0.1, 0.15) is 18.1 Å². The molecule has 0 spiro atoms. The Labute approximate surface area is 109 Å². The fourth-order valence-corrected chi connectivity index (χ4v) is 1.81. The molecule has 0 aliphatic carbocycles. The highest BCUT2D eigenvalue weighted by atomic mass is 16.4. The summed E-state index contributed by atoms with van der Waals surface area (Å²) < 4.78 is 2.93. The van der Waals surface area contributed by atoms with Crippen LogP contribution in [0.3, 0.4) is 0 Å². The number of aromatic nitrogens is 3. The molecule has 0 fully saturated rings. The van der Waals surface area contributed by atoms with Crippen LogP contribution in [-0.4, -0.2) is 31.3 Å². The molecule has 0 radical (unpaired) electrons. The van der Waals surface area contributed by atoms with Gasteiger partial charge in [-0.15, -0.1) is 0 Å². The maximum absolute atomic E-state index is 11.9. The highest BCUT2D eigenvalue weighted by molar-refractivity contribution is 5.91. The van der Waals surface area contributed by atoms with Crippen LogP contribution in [0, 0.1) is 6.92 Å². The Bertz CT molecular complexity index is 627. The van der Waals surface area contributed by atoms with Crippen LogP contribution in [0.1, 0.15) is 16.2 Å². The van der Waals surface area contributed by atoms with Crippen molar-refractivity contribution in [2.24, 2.45) is 7.05 Å². The van der Waals surface area contributed by atoms with Gasteiger partial charge in [0.05, 0.1) is 5.69 Å². The lowest BCUT2D eigenvalue weighted by molar-refractivity contribution is -0.116. The molecule has 100 valence electrons. The van der Waals surface area contributed by atoms with Crippen molar-refractivity contribution in [3.8, 4) is 0 Å². The summed E-state index contributed by atoms with van der Waals surface area (Å²) in [7, 11) is 1.72. The summed E-state index contributed by atoms with van der Waals surface area (Å²) in [5.41, 5.74) is 0.876. The van der Waals surface area contributed by atoms with E-state index in [9.17, 15) is 9.59 Å². The molecule has 2 N–H and O–H groups in total. The Hall–Kier alpha value is -2.57. The van der Waals surface area contributed by atoms with Gasteiger partial charge < -0.3 is 15.0 Å². The quantitative estimate of drug-likeness (QED) is 0.855. The zero-order chi connectivity index (χ0) is 14.0. The second-order valence-corrected chi connectivity index (χ2v) is 4.17. The van der Waals surface area contributed by atoms with Gasteiger partial charge in [0.25, 0.3) is 0 Å². The summed E-state index contributed by atoms with van der Waals surface area (Å²) in [5, 5.41) is 15.7. The van der Waals surface area contributed by atoms with Gasteiger partial charge in [0.2, 0.25) is 5.91 Å². The molecule has 19 heavy (non-hydrogen) atoms. The number of aryl methyl sites for hydroxylation is 2. The number of aromatic carboxylic acids is 1. The van der Waals surface area contributed by atoms with Crippen LogP contribution in [0.25, 0.3) is 0 Å². The minimum atomic E-state index is -1.06. The fraction of sp³-hybridized carbons (Fsp3) is 0.250. The van der Waals surface area contributed by atoms with Crippen molar-refractivity contribution in [1.29, 1.82) is 0 Å². The van der Waals surface area contributed by atoms with Crippen molar-refractivity contribution < 1.29 is 14.7 Å². The first-order chi connectivity index (χ1) is 8.97. The van der Waals surface area contributed by atoms with Crippen molar-refractivity contribution in [2.75, 3.05) is 5.32 Å². The third-order valence-corrected chi connectivity index (χ3v) is 2.63. The number of carboxylic acid groups (broad SMARTS) is 1. The maximum Gasteiger partial charge on any atom is 0.352 e. The number of hydrogen-bond acceptors (Lipinski definition) is 3. The van der Waals surface area contributed by atoms with Crippen LogP contribution < -0.4 is 5.32 Å². The summed E-state index contributed by atoms with van der Waals surface area (Å²) >= 11 is 0. The molecule has 0 saturated heterocycles. The topological polar surface area (TPSA) is 89.1 Å². The van der Waals surface area contributed by atoms with Crippen molar-refractivity contribution in [2.45, 2.75) is 13.5 Å². The molecule has 7 nitrogen and oxygen atoms in total. The molecule has 0 aromatic carbocycles. The molecule has 0 unspecified atom stereocenters. The third-order valence-electron chi connectivity index (χ3n) is 2.63. The molecule has 2 aromatic heterocycles. The van der Waals surface area contributed by atoms with Crippen LogP contribution in [0.4, 0.5) is 5.82 Å². The number of anilines is 1. The van der Waals surface area contributed by atoms with Gasteiger partial charge >= 0.3 is 5.97 Å². The van der Waals surface area contributed by atoms with Gasteiger partial charge in [-0.25, -0.2) is 4.79 Å². The number of carbonyl (C=O) groups is 2. The summed E-state index contributed by atoms with van der Waals surface area (Å²) in [5.74, 6) is -0.789. The van der Waals surface area contributed by atoms with Gasteiger partial charge in [-0.2, -0.15) is 5.10 Å². The number of nitrogens with zero attached hydrogens (tertiary/aromatic N) is 3. The minimum Gasteiger partial charge on any atom is -0.477 e. The monoisotopic (exact) mass is 262 g/mol. The lowest BCUT2D eigenvalue weighted by Crippen LogP contribution is -2.22. The molecule has 2 rings (SSSR count). The number of rotatable bonds is 4. The molecule has 0 aliphatic heterocycles. The lowest BCUT2D eigenvalue weighted by atomic mass is 10.4. The van der Waals surface area contributed by atoms with E-state index >= 15 is 0 Å². The zero-order valence-electron chi connectivity index (χ0n) is 10.6. The normalized spacial score (nSPS) is 10.4. The Balaban J connectivity index is 2.07. The molecule has 0 saturated carbocycles. The maximum atomic E-state index is 11.9. The van der Waals surface area contributed by atoms with E-state index in [1.165, 1.54) is 10.6 Å². The van der Waals surface area contributed by atoms with E-state index in [-0.39, 0.29) is 18.1 Å². The first kappa shape index (κ1) is 12.9. The van der Waals surface area contributed by atoms with Crippen LogP contribution in [0.2, 0.25) is 0 Å². The van der Waals surface area contributed by atoms with Gasteiger partial charge in [-0.1, -0.05) is 0 Å². The molecule has 2 aromatic rings. The SMILES string of the molecule is Cc1cc(NC(=O)Cn2cccc2C(=O)O)n(C)n1. The van der Waals surface area contributed by atoms with E-state index in [1.807, 2.05) is 6.92 Å². The van der Waals surface area contributed by atoms with E-state index in [4.69, 9.17) is 5.11 Å². The summed E-state index contributed by atoms with van der Waals surface area (Å²) in [6.07, 6.45) is 1.55. The first-order valence-corrected chi connectivity index (χ1v) is 5.66. The van der Waals surface area contributed by atoms with E-state index in [0.29, 0.717) is 5.82 Å². The van der Waals surface area contributed by atoms with Crippen LogP contribution >= 0.6 is 0 Å². The molecule has 0 atom stereocenters. The molecule has 7 heteroatoms. The highest BCUT2D eigenvalue weighted by Crippen LogP contribution is 2.09. The number of amides is 1. The first-order valence-electron chi connectivity index (χ1n) is 5.66. The van der Waals surface area contributed by atoms with E-state index in [0.717, 1.165) is 5.69 Å². The van der Waals surface area contributed by atoms with E-state index in [1.54, 1.807) is 30.1 Å². The predicted molar refractivity (Wildman–Crippen MR) is 68.0 cm³/mol. The molecule has 0 bridgehead atoms. The van der Waals surface area contributed by atoms with Gasteiger partial charge in [-0.05, 0) is 19.1 Å². The van der Waals surface area contributed by atoms with Crippen LogP contribution in [0.15, 0.2) is 24.4 Å². The Kier molecular flexibility index (Phi) is 3.37. The number of nitrogens with one attached hydrogen (secondary N) is 1. The molecule has 0 aliphatic rings. The smallest absolute Gasteiger partial charge is 0.352 e. The van der Waals surface area contributed by atoms with E-state index in [2.05, 4.69) is 10.4 Å². The Morgan fingerprint density at radius 1 is 1.47 bits per heavy atom. The lowest BCUT2D eigenvalue weighted by Gasteiger charge is -2.07. The standard InChI is InChI=1S/C12H14N4O3/c1-8-6-10(15(2)14-8)13-11(17)7-16-5-3-4-9(16)12(18)19/h3-6H,7H2,1-2H3,(H,13,17)(H,18,19). The fourth-order valence-electron chi connectivity index (χ4n) is 1.81. The van der Waals surface area contributed by atoms with Gasteiger partial charge in [-0.3, -0.25) is 9.48 Å². The average molecular weight is 262 g/mol. The summed E-state index contributed by atoms with van der Waals surface area (Å²) in [6, 6.07) is 4.78. The molecule has 2 heterocycles. The van der Waals surface area contributed by atoms with Crippen LogP contribution in [-0.2, 0) is 18.4 Å². The Morgan fingerprint density at radius 3 is 2.79 bits per heavy atom. The minimum absolute atomic E-state index is 0.0567. The Morgan fingerprint density at radius 2 is 2.21 bits per heavy atom. The third kappa shape index (κ3) is 2.82. The number of carbonyl (C=O) groups excluding carboxylic acids is 1. The molecular formula is C12H14N4O3. The van der Waals surface area contributed by atoms with Gasteiger partial charge in [0, 0.05) is 19.3 Å². The molecule has 1 amide bonds. The van der Waals surface area contributed by atoms with Crippen molar-refractivity contribution in [1.82, 2.24) is 14.3 Å². The van der Waals surface area contributed by atoms with Crippen molar-refractivity contribution in [3.63, 3.8) is 0 Å². The largest absolute Gasteiger partial charge is 0.477 e. The predicted octanol–water partition coefficient (Wildman–Crippen LogP) is 0.867. The van der Waals surface area contributed by atoms with Crippen molar-refractivity contribution in [3.05, 3.63) is 35.8 Å². The zero-order valence-corrected chi connectivity index (χ0v) is 10.6. The second-order valence-electron chi connectivity index (χ2n) is 4.17. The van der Waals surface area contributed by atoms with Crippen LogP contribution in [0.5, 0.6) is 0 Å². The second kappa shape index (κ2) is 4.97. The molecular weight excluding hydrogens is 248 g/mol. The summed E-state index contributed by atoms with van der Waals surface area (Å²) in [6.45, 7) is 1.77. The van der Waals surface area contributed by atoms with Gasteiger partial charge in [0.15, 0.2) is 0 Å². The number of carboxylic acids is 1. The summed E-state index contributed by atoms with van der Waals surface area (Å²) in [4.78, 5) is 22.8. The average Bonchev–Trinajstić information content (AvgIpc) is 2.86. The number of hydrogen-bond donors (Lipinski definition) is 2. The van der Waals surface area contributed by atoms with E-state index < -0.39 is 5.97 Å². The van der Waals surface area contributed by atoms with Crippen molar-refractivity contribution >= 4 is 17.7 Å². The highest BCUT2D eigenvalue weighted by Gasteiger charge is 2.12.